The Morgan fingerprint density at radius 3 is 2.71 bits per heavy atom. The summed E-state index contributed by atoms with van der Waals surface area (Å²) in [6.07, 6.45) is 6.57. The SMILES string of the molecule is COc1ccc2[nH]cc(CCN(C(C)=O)C(=O)CCCCC(S)CCS)c2c1. The van der Waals surface area contributed by atoms with Crippen molar-refractivity contribution in [2.45, 2.75) is 50.7 Å². The number of hydrogen-bond acceptors (Lipinski definition) is 5. The maximum Gasteiger partial charge on any atom is 0.229 e. The largest absolute Gasteiger partial charge is 0.497 e. The molecule has 28 heavy (non-hydrogen) atoms. The van der Waals surface area contributed by atoms with Crippen LogP contribution in [0.5, 0.6) is 5.75 Å². The number of nitrogens with one attached hydrogen (secondary N) is 1. The van der Waals surface area contributed by atoms with Gasteiger partial charge in [0.15, 0.2) is 0 Å². The van der Waals surface area contributed by atoms with Crippen LogP contribution < -0.4 is 4.74 Å². The van der Waals surface area contributed by atoms with Crippen molar-refractivity contribution < 1.29 is 14.3 Å². The lowest BCUT2D eigenvalue weighted by atomic mass is 10.1. The molecular weight excluding hydrogens is 392 g/mol. The van der Waals surface area contributed by atoms with E-state index in [9.17, 15) is 9.59 Å². The summed E-state index contributed by atoms with van der Waals surface area (Å²) >= 11 is 8.72. The third-order valence-electron chi connectivity index (χ3n) is 4.90. The molecule has 2 rings (SSSR count). The predicted molar refractivity (Wildman–Crippen MR) is 121 cm³/mol. The predicted octanol–water partition coefficient (Wildman–Crippen LogP) is 4.27. The number of carbonyl (C=O) groups is 2. The summed E-state index contributed by atoms with van der Waals surface area (Å²) in [5.74, 6) is 1.30. The van der Waals surface area contributed by atoms with Crippen LogP contribution in [0.2, 0.25) is 0 Å². The zero-order valence-electron chi connectivity index (χ0n) is 16.6. The van der Waals surface area contributed by atoms with Crippen LogP contribution in [0.15, 0.2) is 24.4 Å². The van der Waals surface area contributed by atoms with Crippen molar-refractivity contribution in [2.24, 2.45) is 0 Å². The number of methoxy groups -OCH3 is 1. The quantitative estimate of drug-likeness (QED) is 0.374. The van der Waals surface area contributed by atoms with Gasteiger partial charge in [-0.15, -0.1) is 0 Å². The highest BCUT2D eigenvalue weighted by atomic mass is 32.1. The molecule has 2 aromatic rings. The second kappa shape index (κ2) is 11.4. The second-order valence-electron chi connectivity index (χ2n) is 6.95. The van der Waals surface area contributed by atoms with E-state index in [1.54, 1.807) is 7.11 Å². The number of fused-ring (bicyclic) bond motifs is 1. The molecule has 7 heteroatoms. The summed E-state index contributed by atoms with van der Waals surface area (Å²) in [7, 11) is 1.64. The molecular formula is C21H30N2O3S2. The van der Waals surface area contributed by atoms with Crippen LogP contribution in [0.4, 0.5) is 0 Å². The molecule has 0 saturated carbocycles. The maximum absolute atomic E-state index is 12.5. The summed E-state index contributed by atoms with van der Waals surface area (Å²) in [5.41, 5.74) is 2.08. The fraction of sp³-hybridized carbons (Fsp3) is 0.524. The standard InChI is InChI=1S/C21H30N2O3S2/c1-15(24)23(21(25)6-4-3-5-18(28)10-12-27)11-9-16-14-22-20-8-7-17(26-2)13-19(16)20/h7-8,13-14,18,22,27-28H,3-6,9-12H2,1-2H3. The molecule has 1 aromatic heterocycles. The molecule has 5 nitrogen and oxygen atoms in total. The number of aromatic amines is 1. The first-order valence-corrected chi connectivity index (χ1v) is 10.8. The average molecular weight is 423 g/mol. The summed E-state index contributed by atoms with van der Waals surface area (Å²) in [6.45, 7) is 1.83. The van der Waals surface area contributed by atoms with Crippen LogP contribution in [0.25, 0.3) is 10.9 Å². The van der Waals surface area contributed by atoms with Gasteiger partial charge in [0, 0.05) is 42.2 Å². The molecule has 1 unspecified atom stereocenters. The first kappa shape index (κ1) is 22.7. The number of H-pyrrole nitrogens is 1. The van der Waals surface area contributed by atoms with Gasteiger partial charge in [-0.05, 0) is 55.2 Å². The minimum absolute atomic E-state index is 0.102. The van der Waals surface area contributed by atoms with Crippen LogP contribution in [-0.4, -0.2) is 46.4 Å². The Morgan fingerprint density at radius 1 is 1.25 bits per heavy atom. The fourth-order valence-corrected chi connectivity index (χ4v) is 4.09. The number of thiol groups is 2. The van der Waals surface area contributed by atoms with Crippen molar-refractivity contribution in [1.82, 2.24) is 9.88 Å². The maximum atomic E-state index is 12.5. The van der Waals surface area contributed by atoms with Crippen LogP contribution in [0.3, 0.4) is 0 Å². The molecule has 0 aliphatic heterocycles. The smallest absolute Gasteiger partial charge is 0.229 e. The normalized spacial score (nSPS) is 12.1. The molecule has 0 fully saturated rings. The molecule has 0 aliphatic rings. The van der Waals surface area contributed by atoms with Crippen LogP contribution in [0.1, 0.15) is 44.6 Å². The number of amides is 2. The van der Waals surface area contributed by atoms with Gasteiger partial charge in [0.2, 0.25) is 11.8 Å². The average Bonchev–Trinajstić information content (AvgIpc) is 3.07. The molecule has 2 amide bonds. The number of benzene rings is 1. The van der Waals surface area contributed by atoms with Crippen LogP contribution in [-0.2, 0) is 16.0 Å². The van der Waals surface area contributed by atoms with E-state index in [0.29, 0.717) is 24.6 Å². The van der Waals surface area contributed by atoms with Gasteiger partial charge >= 0.3 is 0 Å². The monoisotopic (exact) mass is 422 g/mol. The molecule has 0 bridgehead atoms. The van der Waals surface area contributed by atoms with E-state index in [1.165, 1.54) is 11.8 Å². The third-order valence-corrected chi connectivity index (χ3v) is 5.68. The Morgan fingerprint density at radius 2 is 2.04 bits per heavy atom. The van der Waals surface area contributed by atoms with E-state index in [-0.39, 0.29) is 11.8 Å². The molecule has 154 valence electrons. The zero-order valence-corrected chi connectivity index (χ0v) is 18.4. The molecule has 1 aromatic carbocycles. The van der Waals surface area contributed by atoms with Crippen molar-refractivity contribution >= 4 is 48.0 Å². The Balaban J connectivity index is 1.90. The molecule has 1 atom stereocenters. The van der Waals surface area contributed by atoms with Gasteiger partial charge in [0.25, 0.3) is 0 Å². The highest BCUT2D eigenvalue weighted by Crippen LogP contribution is 2.24. The number of unbranched alkanes of at least 4 members (excludes halogenated alkanes) is 1. The van der Waals surface area contributed by atoms with Gasteiger partial charge < -0.3 is 9.72 Å². The first-order chi connectivity index (χ1) is 13.5. The van der Waals surface area contributed by atoms with Crippen molar-refractivity contribution in [1.29, 1.82) is 0 Å². The van der Waals surface area contributed by atoms with Crippen molar-refractivity contribution in [3.8, 4) is 5.75 Å². The Kier molecular flexibility index (Phi) is 9.25. The molecule has 0 aliphatic carbocycles. The highest BCUT2D eigenvalue weighted by Gasteiger charge is 2.18. The zero-order chi connectivity index (χ0) is 20.5. The molecule has 0 spiro atoms. The first-order valence-electron chi connectivity index (χ1n) is 9.70. The van der Waals surface area contributed by atoms with Gasteiger partial charge in [0.1, 0.15) is 5.75 Å². The lowest BCUT2D eigenvalue weighted by Crippen LogP contribution is -2.36. The van der Waals surface area contributed by atoms with E-state index < -0.39 is 0 Å². The van der Waals surface area contributed by atoms with E-state index in [1.807, 2.05) is 24.4 Å². The number of aromatic nitrogens is 1. The molecule has 0 saturated heterocycles. The van der Waals surface area contributed by atoms with E-state index in [0.717, 1.165) is 53.7 Å². The van der Waals surface area contributed by atoms with E-state index in [2.05, 4.69) is 30.2 Å². The molecule has 0 radical (unpaired) electrons. The number of rotatable bonds is 11. The van der Waals surface area contributed by atoms with Gasteiger partial charge in [0.05, 0.1) is 7.11 Å². The van der Waals surface area contributed by atoms with E-state index >= 15 is 0 Å². The van der Waals surface area contributed by atoms with Gasteiger partial charge in [-0.3, -0.25) is 14.5 Å². The lowest BCUT2D eigenvalue weighted by molar-refractivity contribution is -0.143. The number of carbonyl (C=O) groups excluding carboxylic acids is 2. The van der Waals surface area contributed by atoms with Crippen molar-refractivity contribution in [2.75, 3.05) is 19.4 Å². The summed E-state index contributed by atoms with van der Waals surface area (Å²) in [4.78, 5) is 29.1. The van der Waals surface area contributed by atoms with Crippen molar-refractivity contribution in [3.63, 3.8) is 0 Å². The summed E-state index contributed by atoms with van der Waals surface area (Å²) < 4.78 is 5.29. The van der Waals surface area contributed by atoms with Crippen LogP contribution >= 0.6 is 25.3 Å². The highest BCUT2D eigenvalue weighted by molar-refractivity contribution is 7.81. The lowest BCUT2D eigenvalue weighted by Gasteiger charge is -2.19. The number of hydrogen-bond donors (Lipinski definition) is 3. The summed E-state index contributed by atoms with van der Waals surface area (Å²) in [6, 6.07) is 5.84. The van der Waals surface area contributed by atoms with E-state index in [4.69, 9.17) is 4.74 Å². The van der Waals surface area contributed by atoms with Gasteiger partial charge in [-0.2, -0.15) is 25.3 Å². The third kappa shape index (κ3) is 6.48. The minimum Gasteiger partial charge on any atom is -0.497 e. The Labute approximate surface area is 178 Å². The topological polar surface area (TPSA) is 62.4 Å². The second-order valence-corrected chi connectivity index (χ2v) is 8.13. The Bertz CT molecular complexity index is 791. The van der Waals surface area contributed by atoms with Crippen molar-refractivity contribution in [3.05, 3.63) is 30.0 Å². The number of imide groups is 1. The van der Waals surface area contributed by atoms with Gasteiger partial charge in [-0.1, -0.05) is 6.42 Å². The number of nitrogens with zero attached hydrogens (tertiary/aromatic N) is 1. The number of ether oxygens (including phenoxy) is 1. The molecule has 1 heterocycles. The summed E-state index contributed by atoms with van der Waals surface area (Å²) in [5, 5.41) is 1.38. The fourth-order valence-electron chi connectivity index (χ4n) is 3.27. The molecule has 1 N–H and O–H groups in total. The minimum atomic E-state index is -0.204. The van der Waals surface area contributed by atoms with Crippen LogP contribution in [0, 0.1) is 0 Å². The van der Waals surface area contributed by atoms with Gasteiger partial charge in [-0.25, -0.2) is 0 Å². The Hall–Kier alpha value is -1.60.